The van der Waals surface area contributed by atoms with Crippen LogP contribution in [0.25, 0.3) is 0 Å². The van der Waals surface area contributed by atoms with Gasteiger partial charge in [0.05, 0.1) is 0 Å². The average Bonchev–Trinajstić information content (AvgIpc) is 2.30. The van der Waals surface area contributed by atoms with Crippen molar-refractivity contribution in [2.75, 3.05) is 5.32 Å². The molecule has 0 aromatic heterocycles. The van der Waals surface area contributed by atoms with Crippen LogP contribution in [0.2, 0.25) is 5.02 Å². The summed E-state index contributed by atoms with van der Waals surface area (Å²) in [5.74, 6) is 1.59. The maximum absolute atomic E-state index is 6.17. The van der Waals surface area contributed by atoms with Crippen molar-refractivity contribution < 1.29 is 0 Å². The summed E-state index contributed by atoms with van der Waals surface area (Å²) in [6.07, 6.45) is 4.00. The quantitative estimate of drug-likeness (QED) is 0.706. The van der Waals surface area contributed by atoms with Crippen LogP contribution in [0.4, 0.5) is 5.69 Å². The molecule has 1 fully saturated rings. The van der Waals surface area contributed by atoms with Crippen molar-refractivity contribution >= 4 is 17.3 Å². The van der Waals surface area contributed by atoms with E-state index < -0.39 is 0 Å². The summed E-state index contributed by atoms with van der Waals surface area (Å²) in [5.41, 5.74) is 2.92. The molecule has 0 unspecified atom stereocenters. The molecule has 0 radical (unpaired) electrons. The molecular formula is C16H22ClN. The molecule has 1 N–H and O–H groups in total. The first-order chi connectivity index (χ1) is 8.48. The molecule has 0 spiro atoms. The number of nitrogens with one attached hydrogen (secondary N) is 1. The second kappa shape index (κ2) is 4.16. The highest BCUT2D eigenvalue weighted by molar-refractivity contribution is 6.30. The molecule has 0 saturated heterocycles. The van der Waals surface area contributed by atoms with Crippen LogP contribution in [0.15, 0.2) is 18.2 Å². The van der Waals surface area contributed by atoms with Gasteiger partial charge >= 0.3 is 0 Å². The smallest absolute Gasteiger partial charge is 0.0410 e. The molecule has 1 aliphatic heterocycles. The van der Waals surface area contributed by atoms with Gasteiger partial charge in [0.2, 0.25) is 0 Å². The van der Waals surface area contributed by atoms with Crippen molar-refractivity contribution in [3.05, 3.63) is 28.8 Å². The van der Waals surface area contributed by atoms with Crippen molar-refractivity contribution in [1.29, 1.82) is 0 Å². The number of hydrogen-bond donors (Lipinski definition) is 1. The summed E-state index contributed by atoms with van der Waals surface area (Å²) in [5, 5.41) is 4.61. The minimum atomic E-state index is 0.232. The van der Waals surface area contributed by atoms with Crippen LogP contribution in [0.1, 0.15) is 45.6 Å². The zero-order valence-electron chi connectivity index (χ0n) is 11.5. The lowest BCUT2D eigenvalue weighted by Crippen LogP contribution is -2.48. The fourth-order valence-electron chi connectivity index (χ4n) is 3.98. The molecule has 3 rings (SSSR count). The van der Waals surface area contributed by atoms with Gasteiger partial charge in [0.25, 0.3) is 0 Å². The first-order valence-corrected chi connectivity index (χ1v) is 7.43. The van der Waals surface area contributed by atoms with Crippen molar-refractivity contribution in [2.45, 2.75) is 51.5 Å². The maximum atomic E-state index is 6.17. The number of hydrogen-bond acceptors (Lipinski definition) is 1. The number of rotatable bonds is 0. The molecule has 2 heteroatoms. The van der Waals surface area contributed by atoms with Crippen LogP contribution >= 0.6 is 11.6 Å². The molecule has 1 saturated carbocycles. The largest absolute Gasteiger partial charge is 0.382 e. The number of anilines is 1. The van der Waals surface area contributed by atoms with Crippen LogP contribution in [-0.4, -0.2) is 6.04 Å². The van der Waals surface area contributed by atoms with E-state index in [0.717, 1.165) is 16.9 Å². The van der Waals surface area contributed by atoms with Crippen molar-refractivity contribution in [3.63, 3.8) is 0 Å². The lowest BCUT2D eigenvalue weighted by atomic mass is 9.61. The van der Waals surface area contributed by atoms with E-state index in [-0.39, 0.29) is 5.41 Å². The van der Waals surface area contributed by atoms with Crippen LogP contribution in [-0.2, 0) is 5.41 Å². The lowest BCUT2D eigenvalue weighted by molar-refractivity contribution is 0.174. The van der Waals surface area contributed by atoms with Gasteiger partial charge in [-0.15, -0.1) is 0 Å². The SMILES string of the molecule is C[C@@H]1CC[C@H]2[C@H](C1)Nc1ccc(Cl)cc1C2(C)C. The summed E-state index contributed by atoms with van der Waals surface area (Å²) < 4.78 is 0. The average molecular weight is 264 g/mol. The molecule has 0 amide bonds. The van der Waals surface area contributed by atoms with Gasteiger partial charge in [-0.25, -0.2) is 0 Å². The number of fused-ring (bicyclic) bond motifs is 2. The third-order valence-electron chi connectivity index (χ3n) is 5.06. The maximum Gasteiger partial charge on any atom is 0.0410 e. The molecule has 1 aromatic carbocycles. The van der Waals surface area contributed by atoms with Gasteiger partial charge in [-0.1, -0.05) is 38.8 Å². The van der Waals surface area contributed by atoms with Gasteiger partial charge in [-0.3, -0.25) is 0 Å². The Labute approximate surface area is 115 Å². The van der Waals surface area contributed by atoms with E-state index in [4.69, 9.17) is 11.6 Å². The molecule has 1 aromatic rings. The van der Waals surface area contributed by atoms with E-state index >= 15 is 0 Å². The highest BCUT2D eigenvalue weighted by Crippen LogP contribution is 2.49. The first kappa shape index (κ1) is 12.3. The minimum absolute atomic E-state index is 0.232. The van der Waals surface area contributed by atoms with Gasteiger partial charge in [0.15, 0.2) is 0 Å². The van der Waals surface area contributed by atoms with Gasteiger partial charge in [0.1, 0.15) is 0 Å². The Balaban J connectivity index is 2.04. The second-order valence-corrected chi connectivity index (χ2v) is 7.12. The van der Waals surface area contributed by atoms with Gasteiger partial charge in [0, 0.05) is 16.8 Å². The Morgan fingerprint density at radius 3 is 2.83 bits per heavy atom. The van der Waals surface area contributed by atoms with E-state index in [1.807, 2.05) is 6.07 Å². The Bertz CT molecular complexity index is 466. The third-order valence-corrected chi connectivity index (χ3v) is 5.29. The summed E-state index contributed by atoms with van der Waals surface area (Å²) >= 11 is 6.17. The highest BCUT2D eigenvalue weighted by Gasteiger charge is 2.44. The van der Waals surface area contributed by atoms with Gasteiger partial charge < -0.3 is 5.32 Å². The highest BCUT2D eigenvalue weighted by atomic mass is 35.5. The zero-order chi connectivity index (χ0) is 12.9. The molecule has 2 aliphatic rings. The van der Waals surface area contributed by atoms with E-state index in [9.17, 15) is 0 Å². The summed E-state index contributed by atoms with van der Waals surface area (Å²) in [6.45, 7) is 7.15. The molecule has 1 heterocycles. The van der Waals surface area contributed by atoms with E-state index in [0.29, 0.717) is 6.04 Å². The molecule has 18 heavy (non-hydrogen) atoms. The van der Waals surface area contributed by atoms with Crippen molar-refractivity contribution in [2.24, 2.45) is 11.8 Å². The minimum Gasteiger partial charge on any atom is -0.382 e. The van der Waals surface area contributed by atoms with Crippen LogP contribution in [0.3, 0.4) is 0 Å². The monoisotopic (exact) mass is 263 g/mol. The molecule has 1 aliphatic carbocycles. The number of benzene rings is 1. The van der Waals surface area contributed by atoms with Gasteiger partial charge in [-0.2, -0.15) is 0 Å². The Morgan fingerprint density at radius 1 is 1.28 bits per heavy atom. The van der Waals surface area contributed by atoms with Crippen LogP contribution in [0.5, 0.6) is 0 Å². The Hall–Kier alpha value is -0.690. The Kier molecular flexibility index (Phi) is 2.85. The number of halogens is 1. The first-order valence-electron chi connectivity index (χ1n) is 7.05. The summed E-state index contributed by atoms with van der Waals surface area (Å²) in [6, 6.07) is 6.93. The van der Waals surface area contributed by atoms with Crippen molar-refractivity contribution in [3.8, 4) is 0 Å². The standard InChI is InChI=1S/C16H22ClN/c1-10-4-6-12-15(8-10)18-14-7-5-11(17)9-13(14)16(12,2)3/h5,7,9-10,12,15,18H,4,6,8H2,1-3H3/t10-,12+,15+/m1/s1. The predicted molar refractivity (Wildman–Crippen MR) is 78.4 cm³/mol. The lowest BCUT2D eigenvalue weighted by Gasteiger charge is -2.49. The summed E-state index contributed by atoms with van der Waals surface area (Å²) in [7, 11) is 0. The zero-order valence-corrected chi connectivity index (χ0v) is 12.2. The topological polar surface area (TPSA) is 12.0 Å². The fraction of sp³-hybridized carbons (Fsp3) is 0.625. The molecular weight excluding hydrogens is 242 g/mol. The van der Waals surface area contributed by atoms with E-state index in [1.165, 1.54) is 30.5 Å². The second-order valence-electron chi connectivity index (χ2n) is 6.69. The molecule has 3 atom stereocenters. The van der Waals surface area contributed by atoms with Crippen LogP contribution < -0.4 is 5.32 Å². The fourth-order valence-corrected chi connectivity index (χ4v) is 4.15. The predicted octanol–water partition coefficient (Wildman–Crippen LogP) is 4.85. The Morgan fingerprint density at radius 2 is 2.06 bits per heavy atom. The van der Waals surface area contributed by atoms with Crippen LogP contribution in [0, 0.1) is 11.8 Å². The van der Waals surface area contributed by atoms with Crippen molar-refractivity contribution in [1.82, 2.24) is 0 Å². The normalized spacial score (nSPS) is 33.2. The van der Waals surface area contributed by atoms with E-state index in [1.54, 1.807) is 0 Å². The molecule has 0 bridgehead atoms. The molecule has 98 valence electrons. The third kappa shape index (κ3) is 1.84. The van der Waals surface area contributed by atoms with Gasteiger partial charge in [-0.05, 0) is 53.9 Å². The molecule has 1 nitrogen and oxygen atoms in total. The van der Waals surface area contributed by atoms with E-state index in [2.05, 4.69) is 38.2 Å². The summed E-state index contributed by atoms with van der Waals surface area (Å²) in [4.78, 5) is 0.